The molecule has 0 bridgehead atoms. The second kappa shape index (κ2) is 7.65. The number of aryl methyl sites for hydroxylation is 1. The first-order chi connectivity index (χ1) is 14.2. The zero-order valence-corrected chi connectivity index (χ0v) is 17.3. The second-order valence-electron chi connectivity index (χ2n) is 5.95. The summed E-state index contributed by atoms with van der Waals surface area (Å²) < 4.78 is 94.2. The van der Waals surface area contributed by atoms with E-state index in [-0.39, 0.29) is 5.69 Å². The monoisotopic (exact) mass is 497 g/mol. The van der Waals surface area contributed by atoms with Gasteiger partial charge in [-0.3, -0.25) is 19.0 Å². The fourth-order valence-electron chi connectivity index (χ4n) is 2.54. The number of rotatable bonds is 5. The van der Waals surface area contributed by atoms with E-state index >= 15 is 0 Å². The van der Waals surface area contributed by atoms with Crippen molar-refractivity contribution in [1.82, 2.24) is 19.7 Å². The molecule has 0 aliphatic heterocycles. The molecule has 0 atom stereocenters. The van der Waals surface area contributed by atoms with Crippen LogP contribution in [0.1, 0.15) is 5.69 Å². The number of benzene rings is 1. The number of H-pyrrole nitrogens is 1. The summed E-state index contributed by atoms with van der Waals surface area (Å²) >= 11 is 5.60. The topological polar surface area (TPSA) is 184 Å². The lowest BCUT2D eigenvalue weighted by Crippen LogP contribution is -2.19. The second-order valence-corrected chi connectivity index (χ2v) is 9.11. The quantitative estimate of drug-likeness (QED) is 0.228. The minimum atomic E-state index is -5.13. The standard InChI is InChI=1S/C14H10ClF2N5O7S2/c1-5-2-10(23)22(21-5)7-4-8(30(24,25)26)6(3-9(7)31(27,28)29)18-13-11(15)12(16)19-14(17)20-13/h2-4,21H,1H3,(H,18,19,20)(H,24,25,26)(H,27,28,29). The van der Waals surface area contributed by atoms with Crippen LogP contribution in [-0.4, -0.2) is 45.7 Å². The number of aromatic nitrogens is 4. The van der Waals surface area contributed by atoms with E-state index in [0.717, 1.165) is 6.07 Å². The molecular weight excluding hydrogens is 488 g/mol. The molecule has 12 nitrogen and oxygen atoms in total. The van der Waals surface area contributed by atoms with Gasteiger partial charge in [0.05, 0.1) is 11.4 Å². The molecule has 0 amide bonds. The average Bonchev–Trinajstić information content (AvgIpc) is 2.95. The van der Waals surface area contributed by atoms with Crippen LogP contribution in [0.25, 0.3) is 5.69 Å². The van der Waals surface area contributed by atoms with Crippen LogP contribution in [0.15, 0.2) is 32.8 Å². The van der Waals surface area contributed by atoms with Crippen molar-refractivity contribution in [1.29, 1.82) is 0 Å². The highest BCUT2D eigenvalue weighted by Gasteiger charge is 2.27. The Morgan fingerprint density at radius 2 is 1.68 bits per heavy atom. The Hall–Kier alpha value is -2.92. The van der Waals surface area contributed by atoms with Crippen LogP contribution in [-0.2, 0) is 20.2 Å². The van der Waals surface area contributed by atoms with Gasteiger partial charge in [0.1, 0.15) is 14.8 Å². The van der Waals surface area contributed by atoms with E-state index in [2.05, 4.69) is 20.4 Å². The third-order valence-electron chi connectivity index (χ3n) is 3.74. The van der Waals surface area contributed by atoms with E-state index < -0.39 is 69.8 Å². The molecule has 0 saturated carbocycles. The van der Waals surface area contributed by atoms with Crippen molar-refractivity contribution in [2.45, 2.75) is 16.7 Å². The predicted molar refractivity (Wildman–Crippen MR) is 101 cm³/mol. The van der Waals surface area contributed by atoms with Crippen molar-refractivity contribution >= 4 is 43.3 Å². The van der Waals surface area contributed by atoms with Gasteiger partial charge in [-0.2, -0.15) is 35.6 Å². The normalized spacial score (nSPS) is 12.2. The van der Waals surface area contributed by atoms with Crippen LogP contribution in [0.3, 0.4) is 0 Å². The first kappa shape index (κ1) is 22.8. The number of nitrogens with one attached hydrogen (secondary N) is 2. The SMILES string of the molecule is Cc1cc(=O)n(-c2cc(S(=O)(=O)O)c(Nc3nc(F)nc(F)c3Cl)cc2S(=O)(=O)O)[nH]1. The van der Waals surface area contributed by atoms with Crippen LogP contribution in [0.4, 0.5) is 20.3 Å². The molecule has 0 unspecified atom stereocenters. The van der Waals surface area contributed by atoms with Gasteiger partial charge in [0, 0.05) is 11.8 Å². The molecular formula is C14H10ClF2N5O7S2. The summed E-state index contributed by atoms with van der Waals surface area (Å²) in [5.74, 6) is -2.34. The number of hydrogen-bond donors (Lipinski definition) is 4. The third kappa shape index (κ3) is 4.57. The number of halogens is 3. The maximum absolute atomic E-state index is 13.6. The summed E-state index contributed by atoms with van der Waals surface area (Å²) in [7, 11) is -10.2. The maximum atomic E-state index is 13.6. The molecule has 4 N–H and O–H groups in total. The lowest BCUT2D eigenvalue weighted by atomic mass is 10.2. The maximum Gasteiger partial charge on any atom is 0.313 e. The molecule has 166 valence electrons. The van der Waals surface area contributed by atoms with E-state index in [1.807, 2.05) is 0 Å². The molecule has 0 fully saturated rings. The molecule has 0 aliphatic carbocycles. The van der Waals surface area contributed by atoms with Crippen molar-refractivity contribution in [2.75, 3.05) is 5.32 Å². The van der Waals surface area contributed by atoms with Crippen molar-refractivity contribution in [3.8, 4) is 5.69 Å². The fraction of sp³-hybridized carbons (Fsp3) is 0.0714. The van der Waals surface area contributed by atoms with Crippen LogP contribution < -0.4 is 10.9 Å². The van der Waals surface area contributed by atoms with Gasteiger partial charge in [0.25, 0.3) is 25.8 Å². The van der Waals surface area contributed by atoms with Crippen molar-refractivity contribution in [3.05, 3.63) is 51.3 Å². The molecule has 2 aromatic heterocycles. The van der Waals surface area contributed by atoms with Gasteiger partial charge in [0.2, 0.25) is 5.95 Å². The minimum Gasteiger partial charge on any atom is -0.338 e. The zero-order chi connectivity index (χ0) is 23.3. The molecule has 1 aromatic carbocycles. The van der Waals surface area contributed by atoms with Crippen molar-refractivity contribution < 1.29 is 34.7 Å². The highest BCUT2D eigenvalue weighted by Crippen LogP contribution is 2.34. The van der Waals surface area contributed by atoms with Gasteiger partial charge in [-0.15, -0.1) is 0 Å². The highest BCUT2D eigenvalue weighted by molar-refractivity contribution is 7.86. The Balaban J connectivity index is 2.38. The summed E-state index contributed by atoms with van der Waals surface area (Å²) in [6.07, 6.45) is -1.60. The van der Waals surface area contributed by atoms with E-state index in [0.29, 0.717) is 16.8 Å². The van der Waals surface area contributed by atoms with Crippen LogP contribution in [0, 0.1) is 18.9 Å². The molecule has 0 aliphatic rings. The summed E-state index contributed by atoms with van der Waals surface area (Å²) in [4.78, 5) is 15.9. The Labute approximate surface area is 177 Å². The molecule has 0 spiro atoms. The predicted octanol–water partition coefficient (Wildman–Crippen LogP) is 1.43. The number of nitrogens with zero attached hydrogens (tertiary/aromatic N) is 3. The van der Waals surface area contributed by atoms with Crippen LogP contribution in [0.5, 0.6) is 0 Å². The summed E-state index contributed by atoms with van der Waals surface area (Å²) in [6.45, 7) is 1.44. The molecule has 3 rings (SSSR count). The van der Waals surface area contributed by atoms with Crippen molar-refractivity contribution in [3.63, 3.8) is 0 Å². The average molecular weight is 498 g/mol. The lowest BCUT2D eigenvalue weighted by Gasteiger charge is -2.15. The summed E-state index contributed by atoms with van der Waals surface area (Å²) in [6, 6.07) is 2.06. The Kier molecular flexibility index (Phi) is 5.61. The Morgan fingerprint density at radius 3 is 2.19 bits per heavy atom. The van der Waals surface area contributed by atoms with Crippen molar-refractivity contribution in [2.24, 2.45) is 0 Å². The molecule has 17 heteroatoms. The first-order valence-electron chi connectivity index (χ1n) is 7.76. The minimum absolute atomic E-state index is 0.251. The molecule has 0 saturated heterocycles. The fourth-order valence-corrected chi connectivity index (χ4v) is 4.00. The highest BCUT2D eigenvalue weighted by atomic mass is 35.5. The zero-order valence-electron chi connectivity index (χ0n) is 15.0. The molecule has 31 heavy (non-hydrogen) atoms. The van der Waals surface area contributed by atoms with Crippen LogP contribution in [0.2, 0.25) is 5.02 Å². The summed E-state index contributed by atoms with van der Waals surface area (Å²) in [5, 5.41) is 3.61. The third-order valence-corrected chi connectivity index (χ3v) is 5.85. The number of hydrogen-bond acceptors (Lipinski definition) is 8. The van der Waals surface area contributed by atoms with E-state index in [1.165, 1.54) is 6.92 Å². The number of aromatic amines is 1. The number of anilines is 2. The Morgan fingerprint density at radius 1 is 1.06 bits per heavy atom. The van der Waals surface area contributed by atoms with Gasteiger partial charge in [-0.1, -0.05) is 11.6 Å². The molecule has 0 radical (unpaired) electrons. The smallest absolute Gasteiger partial charge is 0.313 e. The van der Waals surface area contributed by atoms with Gasteiger partial charge < -0.3 is 5.32 Å². The largest absolute Gasteiger partial charge is 0.338 e. The molecule has 3 aromatic rings. The van der Waals surface area contributed by atoms with E-state index in [4.69, 9.17) is 11.6 Å². The van der Waals surface area contributed by atoms with E-state index in [9.17, 15) is 39.5 Å². The summed E-state index contributed by atoms with van der Waals surface area (Å²) in [5.41, 5.74) is -2.05. The van der Waals surface area contributed by atoms with Gasteiger partial charge in [-0.05, 0) is 19.1 Å². The van der Waals surface area contributed by atoms with Crippen LogP contribution >= 0.6 is 11.6 Å². The van der Waals surface area contributed by atoms with Gasteiger partial charge in [0.15, 0.2) is 5.82 Å². The van der Waals surface area contributed by atoms with Gasteiger partial charge in [-0.25, -0.2) is 4.68 Å². The first-order valence-corrected chi connectivity index (χ1v) is 11.0. The lowest BCUT2D eigenvalue weighted by molar-refractivity contribution is 0.477. The van der Waals surface area contributed by atoms with E-state index in [1.54, 1.807) is 0 Å². The van der Waals surface area contributed by atoms with Gasteiger partial charge >= 0.3 is 6.08 Å². The Bertz CT molecular complexity index is 1490. The molecule has 2 heterocycles.